The molecule has 0 spiro atoms. The first kappa shape index (κ1) is 18.6. The van der Waals surface area contributed by atoms with Crippen molar-refractivity contribution in [2.45, 2.75) is 13.0 Å². The van der Waals surface area contributed by atoms with Gasteiger partial charge in [-0.1, -0.05) is 23.5 Å². The van der Waals surface area contributed by atoms with Crippen molar-refractivity contribution in [3.05, 3.63) is 69.1 Å². The molecule has 1 aliphatic heterocycles. The van der Waals surface area contributed by atoms with Gasteiger partial charge in [0.25, 0.3) is 11.8 Å². The Morgan fingerprint density at radius 3 is 2.90 bits per heavy atom. The summed E-state index contributed by atoms with van der Waals surface area (Å²) in [5.74, 6) is -0.225. The molecule has 0 radical (unpaired) electrons. The first-order valence-electron chi connectivity index (χ1n) is 9.13. The van der Waals surface area contributed by atoms with Gasteiger partial charge in [0, 0.05) is 23.4 Å². The van der Waals surface area contributed by atoms with E-state index in [4.69, 9.17) is 0 Å². The van der Waals surface area contributed by atoms with Crippen LogP contribution in [0.15, 0.2) is 48.1 Å². The normalized spacial score (nSPS) is 13.1. The van der Waals surface area contributed by atoms with E-state index in [0.29, 0.717) is 35.1 Å². The lowest BCUT2D eigenvalue weighted by atomic mass is 10.1. The van der Waals surface area contributed by atoms with Gasteiger partial charge in [0.05, 0.1) is 22.8 Å². The fourth-order valence-electron chi connectivity index (χ4n) is 3.23. The van der Waals surface area contributed by atoms with Gasteiger partial charge in [0.2, 0.25) is 0 Å². The summed E-state index contributed by atoms with van der Waals surface area (Å²) in [6.07, 6.45) is 2.14. The van der Waals surface area contributed by atoms with E-state index < -0.39 is 0 Å². The quantitative estimate of drug-likeness (QED) is 0.526. The average Bonchev–Trinajstić information content (AvgIpc) is 3.54. The lowest BCUT2D eigenvalue weighted by molar-refractivity contribution is 0.0736. The number of carbonyl (C=O) groups is 2. The Labute approximate surface area is 179 Å². The van der Waals surface area contributed by atoms with Gasteiger partial charge in [-0.3, -0.25) is 14.9 Å². The van der Waals surface area contributed by atoms with Crippen LogP contribution in [0.2, 0.25) is 0 Å². The van der Waals surface area contributed by atoms with Gasteiger partial charge in [0.15, 0.2) is 5.13 Å². The van der Waals surface area contributed by atoms with Crippen LogP contribution in [-0.4, -0.2) is 48.5 Å². The van der Waals surface area contributed by atoms with Crippen molar-refractivity contribution in [1.29, 1.82) is 0 Å². The Morgan fingerprint density at radius 2 is 2.10 bits per heavy atom. The molecule has 4 heterocycles. The largest absolute Gasteiger partial charge is 0.333 e. The number of rotatable bonds is 4. The molecule has 30 heavy (non-hydrogen) atoms. The lowest BCUT2D eigenvalue weighted by Gasteiger charge is -2.26. The third-order valence-electron chi connectivity index (χ3n) is 4.69. The monoisotopic (exact) mass is 437 g/mol. The van der Waals surface area contributed by atoms with E-state index in [-0.39, 0.29) is 11.8 Å². The summed E-state index contributed by atoms with van der Waals surface area (Å²) >= 11 is 2.80. The maximum atomic E-state index is 13.1. The molecular weight excluding hydrogens is 422 g/mol. The van der Waals surface area contributed by atoms with Crippen molar-refractivity contribution in [2.75, 3.05) is 11.9 Å². The molecule has 4 aromatic rings. The highest BCUT2D eigenvalue weighted by Crippen LogP contribution is 2.29. The molecule has 1 aliphatic rings. The zero-order valence-corrected chi connectivity index (χ0v) is 17.2. The average molecular weight is 438 g/mol. The number of nitrogens with zero attached hydrogens (tertiary/aromatic N) is 6. The number of nitrogens with one attached hydrogen (secondary N) is 1. The van der Waals surface area contributed by atoms with Crippen molar-refractivity contribution >= 4 is 39.6 Å². The van der Waals surface area contributed by atoms with E-state index in [9.17, 15) is 9.59 Å². The zero-order chi connectivity index (χ0) is 20.5. The smallest absolute Gasteiger partial charge is 0.267 e. The first-order valence-corrected chi connectivity index (χ1v) is 10.8. The zero-order valence-electron chi connectivity index (χ0n) is 15.6. The number of anilines is 1. The van der Waals surface area contributed by atoms with Crippen LogP contribution in [0.5, 0.6) is 0 Å². The molecule has 0 saturated carbocycles. The topological polar surface area (TPSA) is 106 Å². The van der Waals surface area contributed by atoms with Gasteiger partial charge in [-0.25, -0.2) is 9.67 Å². The Bertz CT molecular complexity index is 1200. The number of carbonyl (C=O) groups excluding carboxylic acids is 2. The van der Waals surface area contributed by atoms with E-state index in [1.54, 1.807) is 23.1 Å². The summed E-state index contributed by atoms with van der Waals surface area (Å²) in [4.78, 5) is 33.3. The van der Waals surface area contributed by atoms with Gasteiger partial charge in [0.1, 0.15) is 6.33 Å². The number of benzene rings is 1. The molecule has 0 bridgehead atoms. The molecule has 1 N–H and O–H groups in total. The summed E-state index contributed by atoms with van der Waals surface area (Å²) < 4.78 is 1.51. The van der Waals surface area contributed by atoms with Crippen molar-refractivity contribution in [3.8, 4) is 5.69 Å². The van der Waals surface area contributed by atoms with Gasteiger partial charge in [-0.2, -0.15) is 0 Å². The number of amides is 2. The molecule has 3 aromatic heterocycles. The number of fused-ring (bicyclic) bond motifs is 1. The molecule has 2 amide bonds. The molecule has 0 unspecified atom stereocenters. The van der Waals surface area contributed by atoms with Crippen LogP contribution in [0.4, 0.5) is 5.13 Å². The Balaban J connectivity index is 1.31. The molecule has 9 nitrogen and oxygen atoms in total. The molecule has 0 saturated heterocycles. The molecule has 1 aromatic carbocycles. The second kappa shape index (κ2) is 7.76. The van der Waals surface area contributed by atoms with Crippen molar-refractivity contribution in [3.63, 3.8) is 0 Å². The fourth-order valence-corrected chi connectivity index (χ4v) is 4.87. The number of thiazole rings is 1. The highest BCUT2D eigenvalue weighted by molar-refractivity contribution is 7.16. The minimum atomic E-state index is -0.163. The SMILES string of the molecule is O=C(Nc1nc2c(s1)CN(C(=O)c1cccc(-n3cnnn3)c1)CC2)c1cccs1. The van der Waals surface area contributed by atoms with Crippen LogP contribution in [0.3, 0.4) is 0 Å². The highest BCUT2D eigenvalue weighted by Gasteiger charge is 2.25. The third kappa shape index (κ3) is 3.60. The molecule has 5 rings (SSSR count). The van der Waals surface area contributed by atoms with Gasteiger partial charge in [-0.05, 0) is 40.1 Å². The Morgan fingerprint density at radius 1 is 1.17 bits per heavy atom. The first-order chi connectivity index (χ1) is 14.7. The number of hydrogen-bond donors (Lipinski definition) is 1. The number of aromatic nitrogens is 5. The minimum Gasteiger partial charge on any atom is -0.333 e. The summed E-state index contributed by atoms with van der Waals surface area (Å²) in [5, 5.41) is 16.4. The van der Waals surface area contributed by atoms with E-state index in [1.807, 2.05) is 23.6 Å². The van der Waals surface area contributed by atoms with E-state index >= 15 is 0 Å². The number of thiophene rings is 1. The summed E-state index contributed by atoms with van der Waals surface area (Å²) in [7, 11) is 0. The molecule has 11 heteroatoms. The molecular formula is C19H15N7O2S2. The van der Waals surface area contributed by atoms with Crippen molar-refractivity contribution < 1.29 is 9.59 Å². The third-order valence-corrected chi connectivity index (χ3v) is 6.56. The maximum absolute atomic E-state index is 13.1. The highest BCUT2D eigenvalue weighted by atomic mass is 32.1. The Hall–Kier alpha value is -3.44. The van der Waals surface area contributed by atoms with Crippen LogP contribution in [-0.2, 0) is 13.0 Å². The molecule has 0 aliphatic carbocycles. The second-order valence-electron chi connectivity index (χ2n) is 6.60. The minimum absolute atomic E-state index is 0.0619. The second-order valence-corrected chi connectivity index (χ2v) is 8.63. The number of hydrogen-bond acceptors (Lipinski definition) is 8. The van der Waals surface area contributed by atoms with Gasteiger partial charge >= 0.3 is 0 Å². The predicted octanol–water partition coefficient (Wildman–Crippen LogP) is 2.63. The van der Waals surface area contributed by atoms with Gasteiger partial charge < -0.3 is 4.90 Å². The molecule has 0 atom stereocenters. The molecule has 150 valence electrons. The Kier molecular flexibility index (Phi) is 4.81. The van der Waals surface area contributed by atoms with Crippen LogP contribution >= 0.6 is 22.7 Å². The standard InChI is InChI=1S/C19H15N7O2S2/c27-17(15-5-2-8-29-15)22-19-21-14-6-7-25(10-16(14)30-19)18(28)12-3-1-4-13(9-12)26-11-20-23-24-26/h1-5,8-9,11H,6-7,10H2,(H,21,22,27). The van der Waals surface area contributed by atoms with Crippen molar-refractivity contribution in [2.24, 2.45) is 0 Å². The van der Waals surface area contributed by atoms with Gasteiger partial charge in [-0.15, -0.1) is 16.4 Å². The molecule has 0 fully saturated rings. The lowest BCUT2D eigenvalue weighted by Crippen LogP contribution is -2.35. The maximum Gasteiger partial charge on any atom is 0.267 e. The van der Waals surface area contributed by atoms with Crippen LogP contribution < -0.4 is 5.32 Å². The van der Waals surface area contributed by atoms with Crippen LogP contribution in [0.1, 0.15) is 30.6 Å². The number of tetrazole rings is 1. The van der Waals surface area contributed by atoms with E-state index in [0.717, 1.165) is 16.3 Å². The summed E-state index contributed by atoms with van der Waals surface area (Å²) in [5.41, 5.74) is 2.23. The van der Waals surface area contributed by atoms with Crippen LogP contribution in [0.25, 0.3) is 5.69 Å². The summed E-state index contributed by atoms with van der Waals surface area (Å²) in [6.45, 7) is 1.04. The predicted molar refractivity (Wildman–Crippen MR) is 112 cm³/mol. The van der Waals surface area contributed by atoms with Crippen molar-refractivity contribution in [1.82, 2.24) is 30.1 Å². The van der Waals surface area contributed by atoms with E-state index in [1.165, 1.54) is 33.7 Å². The summed E-state index contributed by atoms with van der Waals surface area (Å²) in [6, 6.07) is 10.8. The van der Waals surface area contributed by atoms with E-state index in [2.05, 4.69) is 25.8 Å². The fraction of sp³-hybridized carbons (Fsp3) is 0.158. The van der Waals surface area contributed by atoms with Crippen LogP contribution in [0, 0.1) is 0 Å².